The summed E-state index contributed by atoms with van der Waals surface area (Å²) in [4.78, 5) is 28.9. The second-order valence-corrected chi connectivity index (χ2v) is 7.85. The summed E-state index contributed by atoms with van der Waals surface area (Å²) in [7, 11) is 0. The lowest BCUT2D eigenvalue weighted by Crippen LogP contribution is -2.20. The number of halogens is 1. The summed E-state index contributed by atoms with van der Waals surface area (Å²) in [6, 6.07) is 4.89. The standard InChI is InChI=1S/C22H21ClN6O4/c1-3-4-16-17(6-5-15(12(2)30)20(16)31)33-11-13-7-8-29-21(19(13)23)24-10-14(22(29)32)9-18-25-27-28-26-18/h5-8,10,31H,3-4,9,11H2,1-2H3,(H,25,26,27,28). The fourth-order valence-electron chi connectivity index (χ4n) is 3.53. The van der Waals surface area contributed by atoms with Crippen LogP contribution in [0.25, 0.3) is 5.65 Å². The highest BCUT2D eigenvalue weighted by Gasteiger charge is 2.17. The number of nitrogens with zero attached hydrogens (tertiary/aromatic N) is 5. The highest BCUT2D eigenvalue weighted by Crippen LogP contribution is 2.34. The van der Waals surface area contributed by atoms with Gasteiger partial charge in [-0.05, 0) is 31.5 Å². The van der Waals surface area contributed by atoms with Gasteiger partial charge in [-0.15, -0.1) is 10.2 Å². The molecule has 0 saturated carbocycles. The van der Waals surface area contributed by atoms with Gasteiger partial charge in [0.2, 0.25) is 0 Å². The Morgan fingerprint density at radius 3 is 2.79 bits per heavy atom. The van der Waals surface area contributed by atoms with E-state index in [9.17, 15) is 14.7 Å². The van der Waals surface area contributed by atoms with Crippen molar-refractivity contribution in [2.24, 2.45) is 0 Å². The Morgan fingerprint density at radius 2 is 2.09 bits per heavy atom. The number of carbonyl (C=O) groups is 1. The molecule has 10 nitrogen and oxygen atoms in total. The number of aromatic amines is 1. The molecule has 0 aliphatic carbocycles. The Bertz CT molecular complexity index is 1380. The maximum atomic E-state index is 12.8. The molecule has 0 fully saturated rings. The van der Waals surface area contributed by atoms with E-state index in [0.717, 1.165) is 6.42 Å². The van der Waals surface area contributed by atoms with Crippen molar-refractivity contribution >= 4 is 23.0 Å². The molecule has 1 aromatic carbocycles. The van der Waals surface area contributed by atoms with E-state index in [0.29, 0.717) is 40.3 Å². The van der Waals surface area contributed by atoms with Crippen LogP contribution in [0, 0.1) is 0 Å². The molecule has 4 aromatic rings. The molecule has 33 heavy (non-hydrogen) atoms. The van der Waals surface area contributed by atoms with Crippen molar-refractivity contribution in [3.8, 4) is 11.5 Å². The van der Waals surface area contributed by atoms with Crippen molar-refractivity contribution in [2.75, 3.05) is 0 Å². The average molecular weight is 469 g/mol. The lowest BCUT2D eigenvalue weighted by atomic mass is 10.0. The Kier molecular flexibility index (Phi) is 6.36. The molecule has 11 heteroatoms. The van der Waals surface area contributed by atoms with Gasteiger partial charge < -0.3 is 9.84 Å². The molecule has 2 N–H and O–H groups in total. The number of hydrogen-bond acceptors (Lipinski definition) is 8. The number of aromatic hydroxyl groups is 1. The lowest BCUT2D eigenvalue weighted by molar-refractivity contribution is 0.101. The summed E-state index contributed by atoms with van der Waals surface area (Å²) in [6.45, 7) is 3.47. The first-order valence-electron chi connectivity index (χ1n) is 10.3. The number of phenols is 1. The van der Waals surface area contributed by atoms with E-state index in [1.807, 2.05) is 6.92 Å². The summed E-state index contributed by atoms with van der Waals surface area (Å²) in [5.41, 5.74) is 1.86. The molecule has 0 amide bonds. The number of ether oxygens (including phenoxy) is 1. The second kappa shape index (κ2) is 9.37. The van der Waals surface area contributed by atoms with Crippen LogP contribution in [0.5, 0.6) is 11.5 Å². The van der Waals surface area contributed by atoms with Gasteiger partial charge in [0.15, 0.2) is 17.3 Å². The normalized spacial score (nSPS) is 11.1. The van der Waals surface area contributed by atoms with Crippen molar-refractivity contribution in [2.45, 2.75) is 39.7 Å². The van der Waals surface area contributed by atoms with E-state index in [-0.39, 0.29) is 40.7 Å². The van der Waals surface area contributed by atoms with Crippen LogP contribution >= 0.6 is 11.6 Å². The molecule has 0 radical (unpaired) electrons. The molecule has 0 atom stereocenters. The van der Waals surface area contributed by atoms with Crippen LogP contribution in [0.4, 0.5) is 0 Å². The number of hydrogen-bond donors (Lipinski definition) is 2. The Hall–Kier alpha value is -3.79. The molecule has 0 saturated heterocycles. The summed E-state index contributed by atoms with van der Waals surface area (Å²) in [6.07, 6.45) is 4.53. The van der Waals surface area contributed by atoms with Gasteiger partial charge in [0, 0.05) is 35.5 Å². The Morgan fingerprint density at radius 1 is 1.27 bits per heavy atom. The SMILES string of the molecule is CCCc1c(OCc2ccn3c(=O)c(Cc4nn[nH]n4)cnc3c2Cl)ccc(C(C)=O)c1O. The third kappa shape index (κ3) is 4.42. The van der Waals surface area contributed by atoms with Gasteiger partial charge in [-0.25, -0.2) is 4.98 Å². The summed E-state index contributed by atoms with van der Waals surface area (Å²) < 4.78 is 7.31. The molecule has 3 heterocycles. The van der Waals surface area contributed by atoms with Gasteiger partial charge >= 0.3 is 0 Å². The second-order valence-electron chi connectivity index (χ2n) is 7.48. The van der Waals surface area contributed by atoms with E-state index < -0.39 is 0 Å². The average Bonchev–Trinajstić information content (AvgIpc) is 3.30. The number of aromatic nitrogens is 6. The fourth-order valence-corrected chi connectivity index (χ4v) is 3.79. The van der Waals surface area contributed by atoms with E-state index in [1.165, 1.54) is 17.5 Å². The zero-order valence-corrected chi connectivity index (χ0v) is 18.8. The van der Waals surface area contributed by atoms with Crippen LogP contribution in [0.1, 0.15) is 53.1 Å². The Balaban J connectivity index is 1.62. The molecule has 0 bridgehead atoms. The first kappa shape index (κ1) is 22.4. The summed E-state index contributed by atoms with van der Waals surface area (Å²) in [5, 5.41) is 24.3. The van der Waals surface area contributed by atoms with Gasteiger partial charge in [-0.1, -0.05) is 30.2 Å². The number of carbonyl (C=O) groups excluding carboxylic acids is 1. The molecule has 3 aromatic heterocycles. The van der Waals surface area contributed by atoms with Gasteiger partial charge in [-0.3, -0.25) is 14.0 Å². The maximum absolute atomic E-state index is 12.8. The first-order valence-corrected chi connectivity index (χ1v) is 10.7. The van der Waals surface area contributed by atoms with E-state index in [2.05, 4.69) is 25.6 Å². The van der Waals surface area contributed by atoms with Crippen molar-refractivity contribution in [3.63, 3.8) is 0 Å². The van der Waals surface area contributed by atoms with Crippen LogP contribution in [-0.4, -0.2) is 40.9 Å². The monoisotopic (exact) mass is 468 g/mol. The van der Waals surface area contributed by atoms with Crippen LogP contribution in [0.15, 0.2) is 35.4 Å². The van der Waals surface area contributed by atoms with Gasteiger partial charge in [0.05, 0.1) is 10.6 Å². The molecule has 4 rings (SSSR count). The van der Waals surface area contributed by atoms with Crippen LogP contribution in [-0.2, 0) is 19.4 Å². The van der Waals surface area contributed by atoms with E-state index in [1.54, 1.807) is 24.4 Å². The highest BCUT2D eigenvalue weighted by atomic mass is 35.5. The number of pyridine rings is 1. The predicted molar refractivity (Wildman–Crippen MR) is 120 cm³/mol. The minimum absolute atomic E-state index is 0.0613. The van der Waals surface area contributed by atoms with Crippen LogP contribution < -0.4 is 10.3 Å². The van der Waals surface area contributed by atoms with Crippen molar-refractivity contribution < 1.29 is 14.6 Å². The lowest BCUT2D eigenvalue weighted by Gasteiger charge is -2.15. The third-order valence-electron chi connectivity index (χ3n) is 5.21. The zero-order chi connectivity index (χ0) is 23.5. The molecular formula is C22H21ClN6O4. The Labute approximate surface area is 193 Å². The summed E-state index contributed by atoms with van der Waals surface area (Å²) >= 11 is 6.54. The van der Waals surface area contributed by atoms with Gasteiger partial charge in [-0.2, -0.15) is 5.21 Å². The quantitative estimate of drug-likeness (QED) is 0.377. The minimum atomic E-state index is -0.283. The number of ketones is 1. The van der Waals surface area contributed by atoms with Crippen molar-refractivity contribution in [3.05, 3.63) is 74.0 Å². The van der Waals surface area contributed by atoms with Gasteiger partial charge in [0.1, 0.15) is 18.1 Å². The number of H-pyrrole nitrogens is 1. The van der Waals surface area contributed by atoms with E-state index in [4.69, 9.17) is 16.3 Å². The minimum Gasteiger partial charge on any atom is -0.507 e. The highest BCUT2D eigenvalue weighted by molar-refractivity contribution is 6.34. The molecule has 0 unspecified atom stereocenters. The van der Waals surface area contributed by atoms with Gasteiger partial charge in [0.25, 0.3) is 5.56 Å². The number of fused-ring (bicyclic) bond motifs is 1. The van der Waals surface area contributed by atoms with Crippen LogP contribution in [0.3, 0.4) is 0 Å². The number of benzene rings is 1. The predicted octanol–water partition coefficient (Wildman–Crippen LogP) is 2.89. The summed E-state index contributed by atoms with van der Waals surface area (Å²) in [5.74, 6) is 0.570. The smallest absolute Gasteiger partial charge is 0.261 e. The topological polar surface area (TPSA) is 135 Å². The number of rotatable bonds is 8. The molecule has 170 valence electrons. The van der Waals surface area contributed by atoms with Crippen molar-refractivity contribution in [1.29, 1.82) is 0 Å². The molecule has 0 aliphatic heterocycles. The van der Waals surface area contributed by atoms with E-state index >= 15 is 0 Å². The number of nitrogens with one attached hydrogen (secondary N) is 1. The molecular weight excluding hydrogens is 448 g/mol. The molecule has 0 spiro atoms. The number of phenolic OH excluding ortho intramolecular Hbond substituents is 1. The number of Topliss-reactive ketones (excluding diaryl/α,β-unsaturated/α-hetero) is 1. The fraction of sp³-hybridized carbons (Fsp3) is 0.273. The van der Waals surface area contributed by atoms with Crippen LogP contribution in [0.2, 0.25) is 5.02 Å². The van der Waals surface area contributed by atoms with Crippen molar-refractivity contribution in [1.82, 2.24) is 30.0 Å². The third-order valence-corrected chi connectivity index (χ3v) is 5.62. The molecule has 0 aliphatic rings. The largest absolute Gasteiger partial charge is 0.507 e. The first-order chi connectivity index (χ1) is 15.9. The maximum Gasteiger partial charge on any atom is 0.261 e. The zero-order valence-electron chi connectivity index (χ0n) is 18.0. The number of tetrazole rings is 1.